The Bertz CT molecular complexity index is 410. The highest BCUT2D eigenvalue weighted by Crippen LogP contribution is 2.15. The topological polar surface area (TPSA) is 54.5 Å². The number of urea groups is 1. The quantitative estimate of drug-likeness (QED) is 0.917. The average Bonchev–Trinajstić information content (AvgIpc) is 2.81. The van der Waals surface area contributed by atoms with Crippen molar-refractivity contribution in [1.82, 2.24) is 9.88 Å². The Hall–Kier alpha value is -1.33. The summed E-state index contributed by atoms with van der Waals surface area (Å²) in [6, 6.07) is 3.22. The fourth-order valence-corrected chi connectivity index (χ4v) is 2.03. The van der Waals surface area contributed by atoms with Gasteiger partial charge in [0.25, 0.3) is 0 Å². The molecule has 0 radical (unpaired) electrons. The van der Waals surface area contributed by atoms with Crippen molar-refractivity contribution in [3.05, 3.63) is 23.4 Å². The molecule has 1 saturated heterocycles. The van der Waals surface area contributed by atoms with E-state index in [0.29, 0.717) is 30.5 Å². The second kappa shape index (κ2) is 6.02. The van der Waals surface area contributed by atoms with E-state index in [1.165, 1.54) is 6.20 Å². The van der Waals surface area contributed by atoms with E-state index in [9.17, 15) is 4.79 Å². The zero-order valence-electron chi connectivity index (χ0n) is 10.2. The molecule has 1 fully saturated rings. The van der Waals surface area contributed by atoms with Crippen molar-refractivity contribution in [1.29, 1.82) is 0 Å². The molecule has 1 aliphatic rings. The first kappa shape index (κ1) is 13.1. The van der Waals surface area contributed by atoms with Crippen LogP contribution in [0.2, 0.25) is 5.02 Å². The summed E-state index contributed by atoms with van der Waals surface area (Å²) in [5, 5.41) is 3.28. The third-order valence-electron chi connectivity index (χ3n) is 2.80. The molecular formula is C12H16ClN3O2. The van der Waals surface area contributed by atoms with Crippen LogP contribution in [0.4, 0.5) is 10.6 Å². The molecule has 1 atom stereocenters. The van der Waals surface area contributed by atoms with Crippen LogP contribution in [0.15, 0.2) is 18.3 Å². The Morgan fingerprint density at radius 3 is 3.17 bits per heavy atom. The first-order valence-electron chi connectivity index (χ1n) is 5.98. The Balaban J connectivity index is 1.87. The van der Waals surface area contributed by atoms with Gasteiger partial charge in [-0.05, 0) is 25.5 Å². The van der Waals surface area contributed by atoms with E-state index in [-0.39, 0.29) is 12.1 Å². The highest BCUT2D eigenvalue weighted by atomic mass is 35.5. The average molecular weight is 270 g/mol. The molecule has 2 amide bonds. The predicted molar refractivity (Wildman–Crippen MR) is 69.9 cm³/mol. The first-order valence-corrected chi connectivity index (χ1v) is 6.36. The van der Waals surface area contributed by atoms with Gasteiger partial charge in [-0.25, -0.2) is 9.78 Å². The van der Waals surface area contributed by atoms with Crippen LogP contribution in [0.5, 0.6) is 0 Å². The number of aromatic nitrogens is 1. The van der Waals surface area contributed by atoms with E-state index >= 15 is 0 Å². The lowest BCUT2D eigenvalue weighted by atomic mass is 10.3. The molecule has 1 N–H and O–H groups in total. The van der Waals surface area contributed by atoms with Gasteiger partial charge in [0.05, 0.1) is 11.1 Å². The van der Waals surface area contributed by atoms with Crippen LogP contribution in [-0.4, -0.2) is 41.7 Å². The number of carbonyl (C=O) groups is 1. The molecule has 5 nitrogen and oxygen atoms in total. The predicted octanol–water partition coefficient (Wildman–Crippen LogP) is 2.38. The van der Waals surface area contributed by atoms with Gasteiger partial charge in [-0.3, -0.25) is 5.32 Å². The number of rotatable bonds is 3. The number of nitrogens with one attached hydrogen (secondary N) is 1. The molecule has 2 heterocycles. The van der Waals surface area contributed by atoms with Crippen LogP contribution in [0, 0.1) is 0 Å². The number of nitrogens with zero attached hydrogens (tertiary/aromatic N) is 2. The molecule has 0 unspecified atom stereocenters. The molecular weight excluding hydrogens is 254 g/mol. The van der Waals surface area contributed by atoms with Gasteiger partial charge in [0, 0.05) is 25.9 Å². The number of amides is 2. The molecule has 0 spiro atoms. The van der Waals surface area contributed by atoms with E-state index in [0.717, 1.165) is 6.42 Å². The minimum absolute atomic E-state index is 0.146. The lowest BCUT2D eigenvalue weighted by Crippen LogP contribution is -2.34. The third-order valence-corrected chi connectivity index (χ3v) is 3.02. The summed E-state index contributed by atoms with van der Waals surface area (Å²) in [4.78, 5) is 17.7. The van der Waals surface area contributed by atoms with Crippen LogP contribution >= 0.6 is 11.6 Å². The maximum Gasteiger partial charge on any atom is 0.323 e. The number of likely N-dealkylation sites (tertiary alicyclic amines) is 1. The van der Waals surface area contributed by atoms with Crippen molar-refractivity contribution in [2.24, 2.45) is 0 Å². The number of pyridine rings is 1. The summed E-state index contributed by atoms with van der Waals surface area (Å²) in [7, 11) is 0. The summed E-state index contributed by atoms with van der Waals surface area (Å²) in [6.45, 7) is 3.98. The Morgan fingerprint density at radius 2 is 2.50 bits per heavy atom. The van der Waals surface area contributed by atoms with Crippen molar-refractivity contribution in [2.75, 3.05) is 25.0 Å². The van der Waals surface area contributed by atoms with E-state index in [1.54, 1.807) is 17.0 Å². The lowest BCUT2D eigenvalue weighted by molar-refractivity contribution is 0.0716. The third kappa shape index (κ3) is 3.34. The second-order valence-corrected chi connectivity index (χ2v) is 4.54. The van der Waals surface area contributed by atoms with Gasteiger partial charge in [0.15, 0.2) is 0 Å². The smallest absolute Gasteiger partial charge is 0.323 e. The number of anilines is 1. The summed E-state index contributed by atoms with van der Waals surface area (Å²) >= 11 is 5.73. The van der Waals surface area contributed by atoms with Gasteiger partial charge in [0.2, 0.25) is 0 Å². The van der Waals surface area contributed by atoms with Gasteiger partial charge in [-0.15, -0.1) is 0 Å². The van der Waals surface area contributed by atoms with Gasteiger partial charge >= 0.3 is 6.03 Å². The van der Waals surface area contributed by atoms with Crippen LogP contribution in [0.1, 0.15) is 13.3 Å². The molecule has 2 rings (SSSR count). The van der Waals surface area contributed by atoms with Crippen molar-refractivity contribution in [3.8, 4) is 0 Å². The number of halogens is 1. The molecule has 1 aromatic heterocycles. The molecule has 1 aliphatic heterocycles. The monoisotopic (exact) mass is 269 g/mol. The fraction of sp³-hybridized carbons (Fsp3) is 0.500. The molecule has 98 valence electrons. The van der Waals surface area contributed by atoms with Crippen LogP contribution in [0.25, 0.3) is 0 Å². The Morgan fingerprint density at radius 1 is 1.67 bits per heavy atom. The van der Waals surface area contributed by atoms with Gasteiger partial charge in [-0.2, -0.15) is 0 Å². The van der Waals surface area contributed by atoms with Gasteiger partial charge < -0.3 is 9.64 Å². The van der Waals surface area contributed by atoms with Crippen molar-refractivity contribution >= 4 is 23.4 Å². The summed E-state index contributed by atoms with van der Waals surface area (Å²) < 4.78 is 5.49. The summed E-state index contributed by atoms with van der Waals surface area (Å²) in [6.07, 6.45) is 2.54. The molecule has 0 aliphatic carbocycles. The van der Waals surface area contributed by atoms with Crippen LogP contribution in [0.3, 0.4) is 0 Å². The first-order chi connectivity index (χ1) is 8.69. The largest absolute Gasteiger partial charge is 0.377 e. The summed E-state index contributed by atoms with van der Waals surface area (Å²) in [5.41, 5.74) is 0. The Kier molecular flexibility index (Phi) is 4.38. The minimum atomic E-state index is -0.146. The lowest BCUT2D eigenvalue weighted by Gasteiger charge is -2.16. The van der Waals surface area contributed by atoms with Gasteiger partial charge in [0.1, 0.15) is 5.82 Å². The zero-order valence-corrected chi connectivity index (χ0v) is 11.0. The fourth-order valence-electron chi connectivity index (χ4n) is 1.92. The molecule has 0 aromatic carbocycles. The molecule has 0 bridgehead atoms. The van der Waals surface area contributed by atoms with E-state index < -0.39 is 0 Å². The standard InChI is InChI=1S/C12H16ClN3O2/c1-2-18-10-5-6-16(8-10)12(17)15-11-4-3-9(13)7-14-11/h3-4,7,10H,2,5-6,8H2,1H3,(H,14,15,17)/t10-/m1/s1. The molecule has 18 heavy (non-hydrogen) atoms. The number of carbonyl (C=O) groups excluding carboxylic acids is 1. The van der Waals surface area contributed by atoms with Crippen molar-refractivity contribution < 1.29 is 9.53 Å². The van der Waals surface area contributed by atoms with Crippen LogP contribution < -0.4 is 5.32 Å². The van der Waals surface area contributed by atoms with E-state index in [4.69, 9.17) is 16.3 Å². The maximum atomic E-state index is 11.9. The van der Waals surface area contributed by atoms with E-state index in [2.05, 4.69) is 10.3 Å². The normalized spacial score (nSPS) is 19.0. The van der Waals surface area contributed by atoms with E-state index in [1.807, 2.05) is 6.92 Å². The second-order valence-electron chi connectivity index (χ2n) is 4.10. The SMILES string of the molecule is CCO[C@@H]1CCN(C(=O)Nc2ccc(Cl)cn2)C1. The van der Waals surface area contributed by atoms with Crippen LogP contribution in [-0.2, 0) is 4.74 Å². The minimum Gasteiger partial charge on any atom is -0.377 e. The highest BCUT2D eigenvalue weighted by Gasteiger charge is 2.26. The highest BCUT2D eigenvalue weighted by molar-refractivity contribution is 6.30. The van der Waals surface area contributed by atoms with Crippen molar-refractivity contribution in [2.45, 2.75) is 19.4 Å². The Labute approximate surface area is 111 Å². The molecule has 0 saturated carbocycles. The molecule has 6 heteroatoms. The number of ether oxygens (including phenoxy) is 1. The number of hydrogen-bond acceptors (Lipinski definition) is 3. The van der Waals surface area contributed by atoms with Gasteiger partial charge in [-0.1, -0.05) is 11.6 Å². The zero-order chi connectivity index (χ0) is 13.0. The molecule has 1 aromatic rings. The summed E-state index contributed by atoms with van der Waals surface area (Å²) in [5.74, 6) is 0.504. The maximum absolute atomic E-state index is 11.9. The van der Waals surface area contributed by atoms with Crippen molar-refractivity contribution in [3.63, 3.8) is 0 Å². The number of hydrogen-bond donors (Lipinski definition) is 1.